The standard InChI is InChI=1S/C10H15N3OS/c1-8-9(11)2-3-10(12-8)13-4-6-15(14)7-5-13/h2-3H,4-7,11H2,1H3. The number of anilines is 2. The zero-order chi connectivity index (χ0) is 10.8. The lowest BCUT2D eigenvalue weighted by molar-refractivity contribution is 0.672. The lowest BCUT2D eigenvalue weighted by Crippen LogP contribution is -2.38. The van der Waals surface area contributed by atoms with Crippen LogP contribution in [-0.2, 0) is 10.8 Å². The Bertz CT molecular complexity index is 384. The van der Waals surface area contributed by atoms with E-state index in [-0.39, 0.29) is 0 Å². The molecule has 4 nitrogen and oxygen atoms in total. The molecule has 15 heavy (non-hydrogen) atoms. The maximum atomic E-state index is 11.2. The minimum absolute atomic E-state index is 0.639. The van der Waals surface area contributed by atoms with Crippen molar-refractivity contribution in [3.05, 3.63) is 17.8 Å². The smallest absolute Gasteiger partial charge is 0.129 e. The van der Waals surface area contributed by atoms with Crippen molar-refractivity contribution in [2.24, 2.45) is 0 Å². The lowest BCUT2D eigenvalue weighted by atomic mass is 10.3. The first-order chi connectivity index (χ1) is 7.16. The molecule has 0 unspecified atom stereocenters. The van der Waals surface area contributed by atoms with Gasteiger partial charge in [0.2, 0.25) is 0 Å². The van der Waals surface area contributed by atoms with E-state index in [4.69, 9.17) is 5.73 Å². The van der Waals surface area contributed by atoms with Crippen LogP contribution < -0.4 is 10.6 Å². The number of nitrogens with two attached hydrogens (primary N) is 1. The minimum Gasteiger partial charge on any atom is -0.397 e. The van der Waals surface area contributed by atoms with Gasteiger partial charge in [0, 0.05) is 35.4 Å². The molecule has 2 N–H and O–H groups in total. The number of aryl methyl sites for hydroxylation is 1. The third-order valence-corrected chi connectivity index (χ3v) is 3.89. The molecule has 0 aliphatic carbocycles. The molecule has 0 radical (unpaired) electrons. The van der Waals surface area contributed by atoms with Gasteiger partial charge in [-0.25, -0.2) is 4.98 Å². The van der Waals surface area contributed by atoms with Crippen molar-refractivity contribution in [3.63, 3.8) is 0 Å². The molecular formula is C10H15N3OS. The Kier molecular flexibility index (Phi) is 2.90. The van der Waals surface area contributed by atoms with Crippen molar-refractivity contribution in [1.29, 1.82) is 0 Å². The van der Waals surface area contributed by atoms with E-state index < -0.39 is 10.8 Å². The highest BCUT2D eigenvalue weighted by atomic mass is 32.2. The molecule has 0 saturated carbocycles. The van der Waals surface area contributed by atoms with Gasteiger partial charge in [0.05, 0.1) is 11.4 Å². The second kappa shape index (κ2) is 4.18. The van der Waals surface area contributed by atoms with E-state index in [1.54, 1.807) is 0 Å². The molecule has 1 saturated heterocycles. The summed E-state index contributed by atoms with van der Waals surface area (Å²) in [5.41, 5.74) is 7.29. The molecule has 1 aromatic rings. The fourth-order valence-corrected chi connectivity index (χ4v) is 2.65. The monoisotopic (exact) mass is 225 g/mol. The van der Waals surface area contributed by atoms with Crippen LogP contribution in [0.15, 0.2) is 12.1 Å². The summed E-state index contributed by atoms with van der Waals surface area (Å²) in [6, 6.07) is 3.81. The molecule has 0 aromatic carbocycles. The van der Waals surface area contributed by atoms with Gasteiger partial charge in [-0.05, 0) is 19.1 Å². The van der Waals surface area contributed by atoms with Crippen molar-refractivity contribution in [3.8, 4) is 0 Å². The summed E-state index contributed by atoms with van der Waals surface area (Å²) in [5, 5.41) is 0. The minimum atomic E-state index is -0.639. The van der Waals surface area contributed by atoms with Crippen LogP contribution in [0.25, 0.3) is 0 Å². The number of hydrogen-bond donors (Lipinski definition) is 1. The molecular weight excluding hydrogens is 210 g/mol. The fraction of sp³-hybridized carbons (Fsp3) is 0.500. The van der Waals surface area contributed by atoms with Crippen molar-refractivity contribution < 1.29 is 4.21 Å². The summed E-state index contributed by atoms with van der Waals surface area (Å²) in [6.45, 7) is 3.55. The van der Waals surface area contributed by atoms with Gasteiger partial charge in [0.1, 0.15) is 5.82 Å². The SMILES string of the molecule is Cc1nc(N2CCS(=O)CC2)ccc1N. The first kappa shape index (κ1) is 10.4. The summed E-state index contributed by atoms with van der Waals surface area (Å²) in [7, 11) is -0.639. The Morgan fingerprint density at radius 1 is 1.40 bits per heavy atom. The number of hydrogen-bond acceptors (Lipinski definition) is 4. The Morgan fingerprint density at radius 3 is 2.67 bits per heavy atom. The van der Waals surface area contributed by atoms with Gasteiger partial charge in [-0.3, -0.25) is 4.21 Å². The fourth-order valence-electron chi connectivity index (χ4n) is 1.60. The van der Waals surface area contributed by atoms with Gasteiger partial charge in [0.25, 0.3) is 0 Å². The van der Waals surface area contributed by atoms with E-state index in [1.807, 2.05) is 19.1 Å². The van der Waals surface area contributed by atoms with Gasteiger partial charge < -0.3 is 10.6 Å². The number of nitrogens with zero attached hydrogens (tertiary/aromatic N) is 2. The summed E-state index contributed by atoms with van der Waals surface area (Å²) in [5.74, 6) is 2.43. The van der Waals surface area contributed by atoms with Gasteiger partial charge >= 0.3 is 0 Å². The van der Waals surface area contributed by atoms with Crippen LogP contribution in [0, 0.1) is 6.92 Å². The summed E-state index contributed by atoms with van der Waals surface area (Å²) < 4.78 is 11.2. The molecule has 2 rings (SSSR count). The predicted molar refractivity (Wildman–Crippen MR) is 63.5 cm³/mol. The molecule has 2 heterocycles. The molecule has 5 heteroatoms. The van der Waals surface area contributed by atoms with E-state index >= 15 is 0 Å². The summed E-state index contributed by atoms with van der Waals surface area (Å²) in [4.78, 5) is 6.58. The molecule has 0 amide bonds. The second-order valence-electron chi connectivity index (χ2n) is 3.68. The van der Waals surface area contributed by atoms with Crippen LogP contribution in [0.4, 0.5) is 11.5 Å². The first-order valence-electron chi connectivity index (χ1n) is 5.00. The van der Waals surface area contributed by atoms with Crippen LogP contribution in [0.5, 0.6) is 0 Å². The predicted octanol–water partition coefficient (Wildman–Crippen LogP) is 0.541. The molecule has 1 aliphatic rings. The third kappa shape index (κ3) is 2.28. The average Bonchev–Trinajstić information content (AvgIpc) is 2.23. The van der Waals surface area contributed by atoms with E-state index in [0.717, 1.165) is 41.8 Å². The zero-order valence-electron chi connectivity index (χ0n) is 8.77. The van der Waals surface area contributed by atoms with Crippen LogP contribution in [-0.4, -0.2) is 33.8 Å². The Labute approximate surface area is 91.9 Å². The maximum Gasteiger partial charge on any atom is 0.129 e. The van der Waals surface area contributed by atoms with Crippen molar-refractivity contribution in [2.45, 2.75) is 6.92 Å². The van der Waals surface area contributed by atoms with Crippen molar-refractivity contribution >= 4 is 22.3 Å². The molecule has 82 valence electrons. The van der Waals surface area contributed by atoms with E-state index in [2.05, 4.69) is 9.88 Å². The first-order valence-corrected chi connectivity index (χ1v) is 6.48. The lowest BCUT2D eigenvalue weighted by Gasteiger charge is -2.27. The van der Waals surface area contributed by atoms with Crippen LogP contribution >= 0.6 is 0 Å². The van der Waals surface area contributed by atoms with E-state index in [9.17, 15) is 4.21 Å². The quantitative estimate of drug-likeness (QED) is 0.758. The molecule has 0 bridgehead atoms. The Hall–Kier alpha value is -1.10. The van der Waals surface area contributed by atoms with Crippen molar-refractivity contribution in [1.82, 2.24) is 4.98 Å². The normalized spacial score (nSPS) is 18.1. The van der Waals surface area contributed by atoms with Crippen LogP contribution in [0.1, 0.15) is 5.69 Å². The molecule has 0 spiro atoms. The maximum absolute atomic E-state index is 11.2. The highest BCUT2D eigenvalue weighted by molar-refractivity contribution is 7.85. The van der Waals surface area contributed by atoms with Gasteiger partial charge in [-0.15, -0.1) is 0 Å². The molecule has 1 fully saturated rings. The topological polar surface area (TPSA) is 59.2 Å². The molecule has 1 aliphatic heterocycles. The molecule has 0 atom stereocenters. The van der Waals surface area contributed by atoms with Gasteiger partial charge in [-0.1, -0.05) is 0 Å². The highest BCUT2D eigenvalue weighted by Gasteiger charge is 2.16. The van der Waals surface area contributed by atoms with E-state index in [0.29, 0.717) is 0 Å². The highest BCUT2D eigenvalue weighted by Crippen LogP contribution is 2.17. The van der Waals surface area contributed by atoms with Crippen molar-refractivity contribution in [2.75, 3.05) is 35.2 Å². The van der Waals surface area contributed by atoms with E-state index in [1.165, 1.54) is 0 Å². The summed E-state index contributed by atoms with van der Waals surface area (Å²) in [6.07, 6.45) is 0. The largest absolute Gasteiger partial charge is 0.397 e. The number of aromatic nitrogens is 1. The zero-order valence-corrected chi connectivity index (χ0v) is 9.59. The van der Waals surface area contributed by atoms with Gasteiger partial charge in [-0.2, -0.15) is 0 Å². The third-order valence-electron chi connectivity index (χ3n) is 2.61. The Balaban J connectivity index is 2.16. The van der Waals surface area contributed by atoms with Crippen LogP contribution in [0.2, 0.25) is 0 Å². The van der Waals surface area contributed by atoms with Crippen LogP contribution in [0.3, 0.4) is 0 Å². The summed E-state index contributed by atoms with van der Waals surface area (Å²) >= 11 is 0. The number of rotatable bonds is 1. The second-order valence-corrected chi connectivity index (χ2v) is 5.38. The Morgan fingerprint density at radius 2 is 2.07 bits per heavy atom. The average molecular weight is 225 g/mol. The van der Waals surface area contributed by atoms with Gasteiger partial charge in [0.15, 0.2) is 0 Å². The molecule has 1 aromatic heterocycles. The number of pyridine rings is 1. The number of nitrogen functional groups attached to an aromatic ring is 1.